The first-order valence-electron chi connectivity index (χ1n) is 10.3. The van der Waals surface area contributed by atoms with Gasteiger partial charge in [-0.2, -0.15) is 0 Å². The fourth-order valence-electron chi connectivity index (χ4n) is 6.79. The summed E-state index contributed by atoms with van der Waals surface area (Å²) in [5.74, 6) is 2.08. The van der Waals surface area contributed by atoms with Gasteiger partial charge in [-0.15, -0.1) is 0 Å². The molecule has 2 aromatic carbocycles. The van der Waals surface area contributed by atoms with Crippen LogP contribution in [0.1, 0.15) is 44.9 Å². The van der Waals surface area contributed by atoms with Crippen molar-refractivity contribution in [1.82, 2.24) is 0 Å². The van der Waals surface area contributed by atoms with E-state index in [1.165, 1.54) is 32.1 Å². The molecule has 4 bridgehead atoms. The number of benzene rings is 2. The average molecular weight is 439 g/mol. The van der Waals surface area contributed by atoms with Crippen molar-refractivity contribution in [2.24, 2.45) is 17.3 Å². The van der Waals surface area contributed by atoms with Crippen LogP contribution in [0.3, 0.4) is 0 Å². The van der Waals surface area contributed by atoms with Crippen molar-refractivity contribution < 1.29 is 13.9 Å². The minimum absolute atomic E-state index is 0.0924. The standard InChI is InChI=1S/C24H23BrO3/c25-24-11-15-7-16(12-24)10-23(9-15,14-24)13-22(26)27-17-5-6-21-19(8-17)18-3-1-2-4-20(18)28-21/h1-6,8,15-16H,7,9-14H2. The number of ether oxygens (including phenoxy) is 1. The summed E-state index contributed by atoms with van der Waals surface area (Å²) in [4.78, 5) is 12.9. The summed E-state index contributed by atoms with van der Waals surface area (Å²) in [5.41, 5.74) is 1.82. The quantitative estimate of drug-likeness (QED) is 0.262. The maximum Gasteiger partial charge on any atom is 0.311 e. The molecule has 3 aromatic rings. The van der Waals surface area contributed by atoms with Gasteiger partial charge in [-0.25, -0.2) is 0 Å². The first-order valence-corrected chi connectivity index (χ1v) is 11.1. The number of carbonyl (C=O) groups excluding carboxylic acids is 1. The predicted octanol–water partition coefficient (Wildman–Crippen LogP) is 6.62. The zero-order valence-corrected chi connectivity index (χ0v) is 17.3. The number of para-hydroxylation sites is 1. The molecule has 2 atom stereocenters. The van der Waals surface area contributed by atoms with Crippen molar-refractivity contribution >= 4 is 43.8 Å². The second kappa shape index (κ2) is 5.85. The van der Waals surface area contributed by atoms with Crippen LogP contribution in [-0.2, 0) is 4.79 Å². The minimum atomic E-state index is -0.0924. The third-order valence-corrected chi connectivity index (χ3v) is 8.14. The zero-order valence-electron chi connectivity index (χ0n) is 15.7. The molecule has 7 rings (SSSR count). The second-order valence-corrected chi connectivity index (χ2v) is 11.2. The third-order valence-electron chi connectivity index (χ3n) is 7.21. The number of hydrogen-bond acceptors (Lipinski definition) is 3. The molecule has 0 spiro atoms. The SMILES string of the molecule is O=C(CC12CC3CC(CC(Br)(C3)C1)C2)Oc1ccc2oc3ccccc3c2c1. The molecule has 0 radical (unpaired) electrons. The Morgan fingerprint density at radius 1 is 1.04 bits per heavy atom. The van der Waals surface area contributed by atoms with Crippen LogP contribution in [0.5, 0.6) is 5.75 Å². The van der Waals surface area contributed by atoms with E-state index >= 15 is 0 Å². The van der Waals surface area contributed by atoms with Gasteiger partial charge in [0.05, 0.1) is 6.42 Å². The van der Waals surface area contributed by atoms with Crippen LogP contribution < -0.4 is 4.74 Å². The first kappa shape index (κ1) is 17.1. The van der Waals surface area contributed by atoms with Crippen LogP contribution in [0.2, 0.25) is 0 Å². The molecule has 28 heavy (non-hydrogen) atoms. The van der Waals surface area contributed by atoms with Crippen molar-refractivity contribution in [3.05, 3.63) is 42.5 Å². The van der Waals surface area contributed by atoms with Gasteiger partial charge in [0.25, 0.3) is 0 Å². The highest BCUT2D eigenvalue weighted by molar-refractivity contribution is 9.10. The number of fused-ring (bicyclic) bond motifs is 3. The van der Waals surface area contributed by atoms with Crippen molar-refractivity contribution in [2.75, 3.05) is 0 Å². The Kier molecular flexibility index (Phi) is 3.57. The van der Waals surface area contributed by atoms with E-state index < -0.39 is 0 Å². The molecule has 4 aliphatic carbocycles. The van der Waals surface area contributed by atoms with Gasteiger partial charge in [-0.1, -0.05) is 34.1 Å². The molecule has 0 N–H and O–H groups in total. The Balaban J connectivity index is 1.25. The highest BCUT2D eigenvalue weighted by Crippen LogP contribution is 2.65. The van der Waals surface area contributed by atoms with E-state index in [1.54, 1.807) is 0 Å². The summed E-state index contributed by atoms with van der Waals surface area (Å²) < 4.78 is 12.0. The van der Waals surface area contributed by atoms with Crippen LogP contribution >= 0.6 is 15.9 Å². The zero-order chi connectivity index (χ0) is 18.9. The van der Waals surface area contributed by atoms with Gasteiger partial charge in [0.15, 0.2) is 0 Å². The van der Waals surface area contributed by atoms with E-state index in [9.17, 15) is 4.79 Å². The maximum absolute atomic E-state index is 12.9. The van der Waals surface area contributed by atoms with Gasteiger partial charge in [0.1, 0.15) is 16.9 Å². The third kappa shape index (κ3) is 2.72. The molecule has 2 unspecified atom stereocenters. The lowest BCUT2D eigenvalue weighted by molar-refractivity contribution is -0.141. The van der Waals surface area contributed by atoms with Gasteiger partial charge in [-0.3, -0.25) is 4.79 Å². The predicted molar refractivity (Wildman–Crippen MR) is 113 cm³/mol. The van der Waals surface area contributed by atoms with Crippen LogP contribution in [0.15, 0.2) is 46.9 Å². The lowest BCUT2D eigenvalue weighted by Crippen LogP contribution is -2.53. The Morgan fingerprint density at radius 2 is 1.79 bits per heavy atom. The minimum Gasteiger partial charge on any atom is -0.456 e. The molecule has 1 heterocycles. The lowest BCUT2D eigenvalue weighted by atomic mass is 9.49. The van der Waals surface area contributed by atoms with Gasteiger partial charge >= 0.3 is 5.97 Å². The molecule has 0 saturated heterocycles. The molecule has 4 saturated carbocycles. The van der Waals surface area contributed by atoms with Gasteiger partial charge in [0, 0.05) is 15.1 Å². The van der Waals surface area contributed by atoms with E-state index in [-0.39, 0.29) is 15.7 Å². The maximum atomic E-state index is 12.9. The Labute approximate surface area is 172 Å². The molecular weight excluding hydrogens is 416 g/mol. The van der Waals surface area contributed by atoms with Crippen molar-refractivity contribution in [2.45, 2.75) is 49.3 Å². The first-order chi connectivity index (χ1) is 13.5. The Morgan fingerprint density at radius 3 is 2.57 bits per heavy atom. The average Bonchev–Trinajstić information content (AvgIpc) is 2.97. The van der Waals surface area contributed by atoms with Gasteiger partial charge in [0.2, 0.25) is 0 Å². The van der Waals surface area contributed by atoms with Crippen LogP contribution in [0, 0.1) is 17.3 Å². The molecule has 1 aromatic heterocycles. The van der Waals surface area contributed by atoms with Gasteiger partial charge < -0.3 is 9.15 Å². The van der Waals surface area contributed by atoms with E-state index in [2.05, 4.69) is 15.9 Å². The van der Waals surface area contributed by atoms with E-state index in [0.29, 0.717) is 12.2 Å². The summed E-state index contributed by atoms with van der Waals surface area (Å²) in [7, 11) is 0. The van der Waals surface area contributed by atoms with Gasteiger partial charge in [-0.05, 0) is 80.0 Å². The van der Waals surface area contributed by atoms with E-state index in [4.69, 9.17) is 9.15 Å². The molecule has 4 fully saturated rings. The van der Waals surface area contributed by atoms with Crippen LogP contribution in [0.25, 0.3) is 21.9 Å². The second-order valence-electron chi connectivity index (χ2n) is 9.52. The topological polar surface area (TPSA) is 39.4 Å². The van der Waals surface area contributed by atoms with E-state index in [1.807, 2.05) is 42.5 Å². The fraction of sp³-hybridized carbons (Fsp3) is 0.458. The van der Waals surface area contributed by atoms with Crippen molar-refractivity contribution in [1.29, 1.82) is 0 Å². The number of hydrogen-bond donors (Lipinski definition) is 0. The van der Waals surface area contributed by atoms with E-state index in [0.717, 1.165) is 40.2 Å². The summed E-state index contributed by atoms with van der Waals surface area (Å²) in [6, 6.07) is 13.6. The van der Waals surface area contributed by atoms with Crippen LogP contribution in [0.4, 0.5) is 0 Å². The highest BCUT2D eigenvalue weighted by Gasteiger charge is 2.57. The fourth-order valence-corrected chi connectivity index (χ4v) is 8.30. The number of carbonyl (C=O) groups is 1. The number of alkyl halides is 1. The summed E-state index contributed by atoms with van der Waals surface area (Å²) in [5, 5.41) is 2.05. The molecule has 0 aliphatic heterocycles. The molecule has 3 nitrogen and oxygen atoms in total. The van der Waals surface area contributed by atoms with Crippen molar-refractivity contribution in [3.63, 3.8) is 0 Å². The summed E-state index contributed by atoms with van der Waals surface area (Å²) in [6.45, 7) is 0. The Hall–Kier alpha value is -1.81. The molecule has 4 heteroatoms. The number of furan rings is 1. The van der Waals surface area contributed by atoms with Crippen LogP contribution in [-0.4, -0.2) is 10.3 Å². The number of rotatable bonds is 3. The van der Waals surface area contributed by atoms with Crippen molar-refractivity contribution in [3.8, 4) is 5.75 Å². The summed E-state index contributed by atoms with van der Waals surface area (Å²) >= 11 is 4.03. The highest BCUT2D eigenvalue weighted by atomic mass is 79.9. The molecular formula is C24H23BrO3. The smallest absolute Gasteiger partial charge is 0.311 e. The molecule has 0 amide bonds. The Bertz CT molecular complexity index is 1080. The number of esters is 1. The normalized spacial score (nSPS) is 33.6. The number of halogens is 1. The molecule has 144 valence electrons. The largest absolute Gasteiger partial charge is 0.456 e. The monoisotopic (exact) mass is 438 g/mol. The lowest BCUT2D eigenvalue weighted by Gasteiger charge is -2.60. The summed E-state index contributed by atoms with van der Waals surface area (Å²) in [6.07, 6.45) is 7.96. The molecule has 4 aliphatic rings.